The zero-order valence-corrected chi connectivity index (χ0v) is 18.1. The van der Waals surface area contributed by atoms with Gasteiger partial charge in [-0.3, -0.25) is 0 Å². The Morgan fingerprint density at radius 3 is 2.39 bits per heavy atom. The maximum atomic E-state index is 14.5. The van der Waals surface area contributed by atoms with Crippen LogP contribution >= 0.6 is 0 Å². The summed E-state index contributed by atoms with van der Waals surface area (Å²) in [7, 11) is 3.50. The summed E-state index contributed by atoms with van der Waals surface area (Å²) in [5.41, 5.74) is 1.76. The van der Waals surface area contributed by atoms with Gasteiger partial charge in [0.05, 0.1) is 13.3 Å². The van der Waals surface area contributed by atoms with Crippen LogP contribution in [0.15, 0.2) is 42.7 Å². The summed E-state index contributed by atoms with van der Waals surface area (Å²) in [6, 6.07) is 7.84. The molecule has 2 aromatic heterocycles. The number of hydrogen-bond acceptors (Lipinski definition) is 8. The van der Waals surface area contributed by atoms with Gasteiger partial charge in [0.25, 0.3) is 0 Å². The van der Waals surface area contributed by atoms with Gasteiger partial charge >= 0.3 is 6.61 Å². The number of halogens is 3. The minimum atomic E-state index is -2.90. The van der Waals surface area contributed by atoms with Crippen molar-refractivity contribution in [3.63, 3.8) is 0 Å². The molecule has 174 valence electrons. The zero-order chi connectivity index (χ0) is 23.4. The van der Waals surface area contributed by atoms with E-state index in [1.165, 1.54) is 19.2 Å². The summed E-state index contributed by atoms with van der Waals surface area (Å²) in [4.78, 5) is 17.0. The van der Waals surface area contributed by atoms with Gasteiger partial charge in [-0.05, 0) is 30.8 Å². The first-order valence-corrected chi connectivity index (χ1v) is 10.3. The van der Waals surface area contributed by atoms with Crippen LogP contribution in [0.4, 0.5) is 30.6 Å². The highest BCUT2D eigenvalue weighted by atomic mass is 19.3. The van der Waals surface area contributed by atoms with Gasteiger partial charge in [0.1, 0.15) is 11.4 Å². The minimum Gasteiger partial charge on any atom is -0.480 e. The number of nitrogens with one attached hydrogen (secondary N) is 1. The zero-order valence-electron chi connectivity index (χ0n) is 18.1. The monoisotopic (exact) mass is 460 g/mol. The van der Waals surface area contributed by atoms with Crippen molar-refractivity contribution in [3.05, 3.63) is 48.5 Å². The van der Waals surface area contributed by atoms with Crippen molar-refractivity contribution in [1.29, 1.82) is 0 Å². The topological polar surface area (TPSA) is 75.6 Å². The van der Waals surface area contributed by atoms with Crippen LogP contribution in [-0.2, 0) is 0 Å². The Morgan fingerprint density at radius 2 is 1.73 bits per heavy atom. The fourth-order valence-electron chi connectivity index (χ4n) is 3.42. The summed E-state index contributed by atoms with van der Waals surface area (Å²) in [6.45, 7) is 0.322. The van der Waals surface area contributed by atoms with Crippen molar-refractivity contribution in [2.24, 2.45) is 0 Å². The molecule has 0 bridgehead atoms. The van der Waals surface area contributed by atoms with Crippen LogP contribution in [-0.4, -0.2) is 66.8 Å². The number of benzene rings is 1. The summed E-state index contributed by atoms with van der Waals surface area (Å²) >= 11 is 0. The van der Waals surface area contributed by atoms with Gasteiger partial charge in [-0.2, -0.15) is 13.8 Å². The molecule has 0 amide bonds. The Bertz CT molecular complexity index is 1090. The Morgan fingerprint density at radius 1 is 1.00 bits per heavy atom. The van der Waals surface area contributed by atoms with E-state index in [1.54, 1.807) is 24.4 Å². The molecular formula is C22H23F3N6O2. The average Bonchev–Trinajstić information content (AvgIpc) is 2.81. The molecule has 1 aromatic carbocycles. The van der Waals surface area contributed by atoms with E-state index in [0.29, 0.717) is 22.8 Å². The third kappa shape index (κ3) is 5.43. The normalized spacial score (nSPS) is 14.4. The second-order valence-corrected chi connectivity index (χ2v) is 7.47. The van der Waals surface area contributed by atoms with E-state index in [9.17, 15) is 13.2 Å². The quantitative estimate of drug-likeness (QED) is 0.571. The molecule has 0 aliphatic carbocycles. The molecule has 3 heterocycles. The van der Waals surface area contributed by atoms with Gasteiger partial charge in [0.2, 0.25) is 11.8 Å². The summed E-state index contributed by atoms with van der Waals surface area (Å²) in [5.74, 6) is 0.110. The van der Waals surface area contributed by atoms with Crippen LogP contribution < -0.4 is 19.7 Å². The van der Waals surface area contributed by atoms with E-state index in [4.69, 9.17) is 4.74 Å². The molecule has 0 spiro atoms. The number of alkyl halides is 2. The Kier molecular flexibility index (Phi) is 6.78. The maximum Gasteiger partial charge on any atom is 0.387 e. The third-order valence-corrected chi connectivity index (χ3v) is 5.23. The second-order valence-electron chi connectivity index (χ2n) is 7.47. The number of aromatic nitrogens is 3. The maximum absolute atomic E-state index is 14.5. The lowest BCUT2D eigenvalue weighted by Gasteiger charge is -2.32. The van der Waals surface area contributed by atoms with E-state index in [2.05, 4.69) is 29.9 Å². The number of piperazine rings is 1. The second kappa shape index (κ2) is 9.90. The van der Waals surface area contributed by atoms with Gasteiger partial charge in [-0.15, -0.1) is 0 Å². The molecule has 1 N–H and O–H groups in total. The number of methoxy groups -OCH3 is 1. The fraction of sp³-hybridized carbons (Fsp3) is 0.318. The van der Waals surface area contributed by atoms with E-state index >= 15 is 0 Å². The van der Waals surface area contributed by atoms with E-state index in [1.807, 2.05) is 11.9 Å². The van der Waals surface area contributed by atoms with Gasteiger partial charge in [0, 0.05) is 37.9 Å². The van der Waals surface area contributed by atoms with Crippen LogP contribution in [0.3, 0.4) is 0 Å². The molecule has 0 atom stereocenters. The first-order chi connectivity index (χ1) is 15.9. The number of likely N-dealkylation sites (N-methyl/N-ethyl adjacent to an activating group) is 1. The molecule has 1 saturated heterocycles. The molecule has 0 unspecified atom stereocenters. The third-order valence-electron chi connectivity index (χ3n) is 5.23. The van der Waals surface area contributed by atoms with Crippen LogP contribution in [0, 0.1) is 5.82 Å². The SMILES string of the molecule is COc1ncc(-c2ccc(OC(F)F)cc2)cc1Nc1nc(N2CCN(C)CC2)ncc1F. The number of ether oxygens (including phenoxy) is 2. The predicted molar refractivity (Wildman–Crippen MR) is 118 cm³/mol. The minimum absolute atomic E-state index is 0.00291. The molecule has 8 nitrogen and oxygen atoms in total. The standard InChI is InChI=1S/C22H23F3N6O2/c1-30-7-9-31(10-8-30)22-27-13-17(23)19(29-22)28-18-11-15(12-26-20(18)32-2)14-3-5-16(6-4-14)33-21(24)25/h3-6,11-13,21H,7-10H2,1-2H3,(H,27,28,29). The molecule has 0 saturated carbocycles. The van der Waals surface area contributed by atoms with E-state index in [-0.39, 0.29) is 17.4 Å². The lowest BCUT2D eigenvalue weighted by molar-refractivity contribution is -0.0498. The van der Waals surface area contributed by atoms with Crippen molar-refractivity contribution in [2.75, 3.05) is 50.6 Å². The van der Waals surface area contributed by atoms with Crippen molar-refractivity contribution in [2.45, 2.75) is 6.61 Å². The lowest BCUT2D eigenvalue weighted by Crippen LogP contribution is -2.45. The lowest BCUT2D eigenvalue weighted by atomic mass is 10.1. The van der Waals surface area contributed by atoms with Crippen LogP contribution in [0.2, 0.25) is 0 Å². The summed E-state index contributed by atoms with van der Waals surface area (Å²) < 4.78 is 49.0. The highest BCUT2D eigenvalue weighted by Crippen LogP contribution is 2.32. The van der Waals surface area contributed by atoms with Gasteiger partial charge in [-0.1, -0.05) is 12.1 Å². The summed E-state index contributed by atoms with van der Waals surface area (Å²) in [6.07, 6.45) is 2.70. The number of rotatable bonds is 7. The Hall–Kier alpha value is -3.60. The van der Waals surface area contributed by atoms with Crippen molar-refractivity contribution < 1.29 is 22.6 Å². The number of pyridine rings is 1. The highest BCUT2D eigenvalue weighted by molar-refractivity contribution is 5.72. The van der Waals surface area contributed by atoms with Gasteiger partial charge < -0.3 is 24.6 Å². The van der Waals surface area contributed by atoms with Gasteiger partial charge in [-0.25, -0.2) is 14.4 Å². The van der Waals surface area contributed by atoms with Crippen LogP contribution in [0.1, 0.15) is 0 Å². The molecule has 4 rings (SSSR count). The molecule has 11 heteroatoms. The number of anilines is 3. The smallest absolute Gasteiger partial charge is 0.387 e. The largest absolute Gasteiger partial charge is 0.480 e. The van der Waals surface area contributed by atoms with Crippen LogP contribution in [0.5, 0.6) is 11.6 Å². The fourth-order valence-corrected chi connectivity index (χ4v) is 3.42. The molecule has 1 aliphatic rings. The molecule has 1 aliphatic heterocycles. The first-order valence-electron chi connectivity index (χ1n) is 10.3. The average molecular weight is 460 g/mol. The number of hydrogen-bond donors (Lipinski definition) is 1. The summed E-state index contributed by atoms with van der Waals surface area (Å²) in [5, 5.41) is 2.95. The predicted octanol–water partition coefficient (Wildman–Crippen LogP) is 3.78. The highest BCUT2D eigenvalue weighted by Gasteiger charge is 2.19. The first kappa shape index (κ1) is 22.6. The molecule has 0 radical (unpaired) electrons. The molecule has 33 heavy (non-hydrogen) atoms. The van der Waals surface area contributed by atoms with E-state index < -0.39 is 12.4 Å². The number of nitrogens with zero attached hydrogens (tertiary/aromatic N) is 5. The van der Waals surface area contributed by atoms with Gasteiger partial charge in [0.15, 0.2) is 11.6 Å². The molecule has 3 aromatic rings. The van der Waals surface area contributed by atoms with Crippen molar-refractivity contribution in [1.82, 2.24) is 19.9 Å². The molecule has 1 fully saturated rings. The van der Waals surface area contributed by atoms with E-state index in [0.717, 1.165) is 32.4 Å². The Balaban J connectivity index is 1.59. The molecular weight excluding hydrogens is 437 g/mol. The van der Waals surface area contributed by atoms with Crippen LogP contribution in [0.25, 0.3) is 11.1 Å². The van der Waals surface area contributed by atoms with Crippen molar-refractivity contribution in [3.8, 4) is 22.8 Å². The Labute approximate surface area is 189 Å². The van der Waals surface area contributed by atoms with Crippen molar-refractivity contribution >= 4 is 17.5 Å².